The third-order valence-corrected chi connectivity index (χ3v) is 5.47. The van der Waals surface area contributed by atoms with Gasteiger partial charge in [0.1, 0.15) is 5.76 Å². The van der Waals surface area contributed by atoms with Gasteiger partial charge in [-0.15, -0.1) is 0 Å². The van der Waals surface area contributed by atoms with Crippen molar-refractivity contribution in [2.24, 2.45) is 0 Å². The zero-order valence-electron chi connectivity index (χ0n) is 16.3. The summed E-state index contributed by atoms with van der Waals surface area (Å²) in [6.45, 7) is 6.10. The fourth-order valence-electron chi connectivity index (χ4n) is 3.89. The second kappa shape index (κ2) is 7.96. The number of carbonyl (C=O) groups is 1. The van der Waals surface area contributed by atoms with Crippen LogP contribution in [0.15, 0.2) is 41.4 Å². The number of amides is 1. The van der Waals surface area contributed by atoms with Crippen LogP contribution in [0.2, 0.25) is 0 Å². The molecule has 0 unspecified atom stereocenters. The smallest absolute Gasteiger partial charge is 0.224 e. The molecule has 0 aliphatic carbocycles. The summed E-state index contributed by atoms with van der Waals surface area (Å²) in [5, 5.41) is 4.04. The third-order valence-electron chi connectivity index (χ3n) is 5.47. The van der Waals surface area contributed by atoms with Crippen LogP contribution in [0.5, 0.6) is 0 Å². The Morgan fingerprint density at radius 2 is 2.07 bits per heavy atom. The summed E-state index contributed by atoms with van der Waals surface area (Å²) in [5.41, 5.74) is 3.84. The van der Waals surface area contributed by atoms with Crippen molar-refractivity contribution < 1.29 is 9.32 Å². The molecule has 3 aromatic heterocycles. The predicted octanol–water partition coefficient (Wildman–Crippen LogP) is 3.35. The van der Waals surface area contributed by atoms with Gasteiger partial charge >= 0.3 is 0 Å². The topological polar surface area (TPSA) is 77.0 Å². The number of aryl methyl sites for hydroxylation is 3. The molecule has 0 spiro atoms. The van der Waals surface area contributed by atoms with Crippen molar-refractivity contribution >= 4 is 5.91 Å². The molecule has 0 saturated carbocycles. The second-order valence-corrected chi connectivity index (χ2v) is 7.35. The Morgan fingerprint density at radius 3 is 2.75 bits per heavy atom. The van der Waals surface area contributed by atoms with Crippen LogP contribution >= 0.6 is 0 Å². The number of hydrogen-bond donors (Lipinski definition) is 0. The van der Waals surface area contributed by atoms with E-state index in [-0.39, 0.29) is 5.91 Å². The van der Waals surface area contributed by atoms with Crippen LogP contribution in [0.1, 0.15) is 42.3 Å². The van der Waals surface area contributed by atoms with Gasteiger partial charge < -0.3 is 14.0 Å². The monoisotopic (exact) mass is 379 g/mol. The summed E-state index contributed by atoms with van der Waals surface area (Å²) in [5.74, 6) is 1.38. The van der Waals surface area contributed by atoms with E-state index in [2.05, 4.69) is 16.2 Å². The molecule has 28 heavy (non-hydrogen) atoms. The highest BCUT2D eigenvalue weighted by Crippen LogP contribution is 2.30. The first-order valence-corrected chi connectivity index (χ1v) is 9.75. The van der Waals surface area contributed by atoms with Gasteiger partial charge in [-0.05, 0) is 38.8 Å². The minimum atomic E-state index is 0.213. The molecule has 4 rings (SSSR count). The van der Waals surface area contributed by atoms with Crippen molar-refractivity contribution in [3.63, 3.8) is 0 Å². The van der Waals surface area contributed by atoms with Gasteiger partial charge in [-0.2, -0.15) is 0 Å². The Bertz CT molecular complexity index is 920. The molecule has 0 radical (unpaired) electrons. The molecule has 1 saturated heterocycles. The zero-order chi connectivity index (χ0) is 19.5. The summed E-state index contributed by atoms with van der Waals surface area (Å²) in [7, 11) is 0. The maximum absolute atomic E-state index is 12.5. The molecule has 4 heterocycles. The van der Waals surface area contributed by atoms with Crippen molar-refractivity contribution in [1.29, 1.82) is 0 Å². The molecule has 1 aliphatic heterocycles. The molecule has 0 bridgehead atoms. The maximum Gasteiger partial charge on any atom is 0.224 e. The average molecular weight is 379 g/mol. The van der Waals surface area contributed by atoms with Crippen molar-refractivity contribution in [2.75, 3.05) is 13.1 Å². The maximum atomic E-state index is 12.5. The van der Waals surface area contributed by atoms with Crippen LogP contribution in [0.3, 0.4) is 0 Å². The van der Waals surface area contributed by atoms with Gasteiger partial charge in [0, 0.05) is 50.1 Å². The van der Waals surface area contributed by atoms with Crippen LogP contribution < -0.4 is 0 Å². The average Bonchev–Trinajstić information content (AvgIpc) is 3.36. The lowest BCUT2D eigenvalue weighted by Crippen LogP contribution is -2.38. The van der Waals surface area contributed by atoms with Gasteiger partial charge in [0.15, 0.2) is 0 Å². The lowest BCUT2D eigenvalue weighted by molar-refractivity contribution is -0.132. The molecule has 0 N–H and O–H groups in total. The number of likely N-dealkylation sites (tertiary alicyclic amines) is 1. The van der Waals surface area contributed by atoms with E-state index in [1.54, 1.807) is 12.5 Å². The Balaban J connectivity index is 1.37. The van der Waals surface area contributed by atoms with Crippen LogP contribution in [0.25, 0.3) is 11.3 Å². The Kier molecular flexibility index (Phi) is 5.23. The van der Waals surface area contributed by atoms with E-state index in [1.165, 1.54) is 0 Å². The second-order valence-electron chi connectivity index (χ2n) is 7.35. The van der Waals surface area contributed by atoms with E-state index in [1.807, 2.05) is 41.6 Å². The summed E-state index contributed by atoms with van der Waals surface area (Å²) in [4.78, 5) is 23.4. The summed E-state index contributed by atoms with van der Waals surface area (Å²) in [6.07, 6.45) is 7.76. The number of carbonyl (C=O) groups excluding carboxylic acids is 1. The number of hydrogen-bond acceptors (Lipinski definition) is 5. The number of nitrogens with zero attached hydrogens (tertiary/aromatic N) is 5. The Labute approximate surface area is 164 Å². The highest BCUT2D eigenvalue weighted by molar-refractivity contribution is 5.76. The number of rotatable bonds is 5. The van der Waals surface area contributed by atoms with Gasteiger partial charge in [0.05, 0.1) is 23.3 Å². The minimum absolute atomic E-state index is 0.213. The lowest BCUT2D eigenvalue weighted by atomic mass is 9.92. The molecule has 7 nitrogen and oxygen atoms in total. The normalized spacial score (nSPS) is 15.1. The van der Waals surface area contributed by atoms with E-state index in [0.29, 0.717) is 18.9 Å². The minimum Gasteiger partial charge on any atom is -0.361 e. The van der Waals surface area contributed by atoms with Crippen molar-refractivity contribution in [2.45, 2.75) is 45.6 Å². The fourth-order valence-corrected chi connectivity index (χ4v) is 3.89. The van der Waals surface area contributed by atoms with E-state index < -0.39 is 0 Å². The fraction of sp³-hybridized carbons (Fsp3) is 0.429. The van der Waals surface area contributed by atoms with Crippen LogP contribution in [0, 0.1) is 13.8 Å². The highest BCUT2D eigenvalue weighted by atomic mass is 16.5. The number of piperidine rings is 1. The first-order valence-electron chi connectivity index (χ1n) is 9.75. The molecule has 7 heteroatoms. The molecule has 1 amide bonds. The molecule has 0 aromatic carbocycles. The Hall–Kier alpha value is -2.96. The van der Waals surface area contributed by atoms with Crippen molar-refractivity contribution in [3.05, 3.63) is 54.1 Å². The molecule has 1 aliphatic rings. The summed E-state index contributed by atoms with van der Waals surface area (Å²) >= 11 is 0. The largest absolute Gasteiger partial charge is 0.361 e. The summed E-state index contributed by atoms with van der Waals surface area (Å²) < 4.78 is 7.22. The Morgan fingerprint density at radius 1 is 1.25 bits per heavy atom. The predicted molar refractivity (Wildman–Crippen MR) is 105 cm³/mol. The number of imidazole rings is 1. The third kappa shape index (κ3) is 3.83. The van der Waals surface area contributed by atoms with Crippen molar-refractivity contribution in [3.8, 4) is 11.3 Å². The van der Waals surface area contributed by atoms with Gasteiger partial charge in [-0.25, -0.2) is 4.98 Å². The summed E-state index contributed by atoms with van der Waals surface area (Å²) in [6, 6.07) is 6.14. The van der Waals surface area contributed by atoms with Crippen molar-refractivity contribution in [1.82, 2.24) is 24.6 Å². The van der Waals surface area contributed by atoms with E-state index >= 15 is 0 Å². The molecule has 1 fully saturated rings. The van der Waals surface area contributed by atoms with Crippen LogP contribution in [-0.2, 0) is 11.3 Å². The van der Waals surface area contributed by atoms with Gasteiger partial charge in [0.25, 0.3) is 0 Å². The van der Waals surface area contributed by atoms with E-state index in [4.69, 9.17) is 9.51 Å². The highest BCUT2D eigenvalue weighted by Gasteiger charge is 2.25. The standard InChI is InChI=1S/C21H25N5O2/c1-15-21(16(2)28-24-15)19-5-3-4-18(23-19)17-6-11-26(12-7-17)20(27)8-10-25-13-9-22-14-25/h3-5,9,13-14,17H,6-8,10-12H2,1-2H3. The number of pyridine rings is 1. The molecule has 146 valence electrons. The molecular formula is C21H25N5O2. The molecule has 3 aromatic rings. The zero-order valence-corrected chi connectivity index (χ0v) is 16.3. The van der Waals surface area contributed by atoms with Gasteiger partial charge in [-0.1, -0.05) is 11.2 Å². The first-order chi connectivity index (χ1) is 13.6. The number of aromatic nitrogens is 4. The van der Waals surface area contributed by atoms with Gasteiger partial charge in [0.2, 0.25) is 5.91 Å². The first kappa shape index (κ1) is 18.4. The quantitative estimate of drug-likeness (QED) is 0.679. The van der Waals surface area contributed by atoms with E-state index in [0.717, 1.165) is 54.3 Å². The molecule has 0 atom stereocenters. The lowest BCUT2D eigenvalue weighted by Gasteiger charge is -2.32. The van der Waals surface area contributed by atoms with Gasteiger partial charge in [-0.3, -0.25) is 9.78 Å². The SMILES string of the molecule is Cc1noc(C)c1-c1cccc(C2CCN(C(=O)CCn3ccnc3)CC2)n1. The van der Waals surface area contributed by atoms with Crippen LogP contribution in [-0.4, -0.2) is 43.6 Å². The molecular weight excluding hydrogens is 354 g/mol. The van der Waals surface area contributed by atoms with E-state index in [9.17, 15) is 4.79 Å². The van der Waals surface area contributed by atoms with Crippen LogP contribution in [0.4, 0.5) is 0 Å².